The van der Waals surface area contributed by atoms with Crippen LogP contribution < -0.4 is 5.32 Å². The fourth-order valence-electron chi connectivity index (χ4n) is 2.38. The zero-order valence-corrected chi connectivity index (χ0v) is 17.8. The van der Waals surface area contributed by atoms with E-state index < -0.39 is 18.5 Å². The first-order valence-electron chi connectivity index (χ1n) is 9.02. The van der Waals surface area contributed by atoms with Crippen LogP contribution in [0.2, 0.25) is 0 Å². The van der Waals surface area contributed by atoms with Crippen LogP contribution in [-0.2, 0) is 24.9 Å². The summed E-state index contributed by atoms with van der Waals surface area (Å²) in [6.45, 7) is 5.07. The maximum absolute atomic E-state index is 12.1. The smallest absolute Gasteiger partial charge is 0.316 e. The molecule has 0 spiro atoms. The summed E-state index contributed by atoms with van der Waals surface area (Å²) < 4.78 is 10.1. The van der Waals surface area contributed by atoms with Gasteiger partial charge in [-0.15, -0.1) is 11.8 Å². The number of nitrogens with zero attached hydrogens (tertiary/aromatic N) is 2. The van der Waals surface area contributed by atoms with Gasteiger partial charge in [-0.25, -0.2) is 0 Å². The molecule has 0 unspecified atom stereocenters. The molecule has 0 saturated heterocycles. The molecule has 0 aliphatic rings. The van der Waals surface area contributed by atoms with Crippen molar-refractivity contribution in [3.63, 3.8) is 0 Å². The Bertz CT molecular complexity index is 844. The minimum Gasteiger partial charge on any atom is -0.455 e. The van der Waals surface area contributed by atoms with E-state index >= 15 is 0 Å². The van der Waals surface area contributed by atoms with Crippen molar-refractivity contribution in [1.82, 2.24) is 10.1 Å². The van der Waals surface area contributed by atoms with Gasteiger partial charge in [-0.3, -0.25) is 14.4 Å². The van der Waals surface area contributed by atoms with Crippen molar-refractivity contribution in [2.24, 2.45) is 0 Å². The Morgan fingerprint density at radius 3 is 2.48 bits per heavy atom. The van der Waals surface area contributed by atoms with E-state index in [4.69, 9.17) is 9.26 Å². The van der Waals surface area contributed by atoms with Gasteiger partial charge in [0.05, 0.1) is 18.0 Å². The van der Waals surface area contributed by atoms with Crippen molar-refractivity contribution in [1.29, 1.82) is 0 Å². The number of hydrogen-bond donors (Lipinski definition) is 1. The van der Waals surface area contributed by atoms with Crippen LogP contribution in [0, 0.1) is 20.8 Å². The number of amides is 2. The number of carbonyl (C=O) groups excluding carboxylic acids is 3. The molecule has 2 amide bonds. The summed E-state index contributed by atoms with van der Waals surface area (Å²) in [6.07, 6.45) is 0. The maximum atomic E-state index is 12.1. The van der Waals surface area contributed by atoms with Crippen molar-refractivity contribution in [2.45, 2.75) is 26.5 Å². The van der Waals surface area contributed by atoms with E-state index in [1.165, 1.54) is 23.7 Å². The summed E-state index contributed by atoms with van der Waals surface area (Å²) in [5.41, 5.74) is 3.49. The predicted molar refractivity (Wildman–Crippen MR) is 111 cm³/mol. The average Bonchev–Trinajstić information content (AvgIpc) is 2.99. The van der Waals surface area contributed by atoms with Crippen LogP contribution in [0.1, 0.15) is 22.6 Å². The van der Waals surface area contributed by atoms with Gasteiger partial charge >= 0.3 is 5.97 Å². The van der Waals surface area contributed by atoms with E-state index in [9.17, 15) is 14.4 Å². The lowest BCUT2D eigenvalue weighted by atomic mass is 10.2. The number of likely N-dealkylation sites (N-methyl/N-ethyl adjacent to an activating group) is 1. The van der Waals surface area contributed by atoms with E-state index in [0.29, 0.717) is 11.4 Å². The van der Waals surface area contributed by atoms with E-state index in [1.807, 2.05) is 32.9 Å². The highest BCUT2D eigenvalue weighted by Crippen LogP contribution is 2.19. The summed E-state index contributed by atoms with van der Waals surface area (Å²) >= 11 is 1.36. The molecular weight excluding hydrogens is 394 g/mol. The number of rotatable bonds is 9. The van der Waals surface area contributed by atoms with Gasteiger partial charge in [0.2, 0.25) is 5.91 Å². The first kappa shape index (κ1) is 22.5. The number of benzene rings is 1. The number of thioether (sulfide) groups is 1. The highest BCUT2D eigenvalue weighted by atomic mass is 32.2. The van der Waals surface area contributed by atoms with Gasteiger partial charge in [-0.1, -0.05) is 22.9 Å². The van der Waals surface area contributed by atoms with Crippen LogP contribution in [0.3, 0.4) is 0 Å². The summed E-state index contributed by atoms with van der Waals surface area (Å²) in [7, 11) is 1.48. The number of hydrogen-bond acceptors (Lipinski definition) is 7. The Hall–Kier alpha value is -2.81. The molecule has 0 aliphatic carbocycles. The number of aryl methyl sites for hydroxylation is 3. The lowest BCUT2D eigenvalue weighted by Crippen LogP contribution is -2.37. The van der Waals surface area contributed by atoms with Gasteiger partial charge in [0.15, 0.2) is 6.61 Å². The molecular formula is C20H25N3O5S. The fraction of sp³-hybridized carbons (Fsp3) is 0.400. The Kier molecular flexibility index (Phi) is 8.26. The average molecular weight is 420 g/mol. The Labute approximate surface area is 173 Å². The summed E-state index contributed by atoms with van der Waals surface area (Å²) in [5, 5.41) is 6.57. The monoisotopic (exact) mass is 419 g/mol. The van der Waals surface area contributed by atoms with Gasteiger partial charge < -0.3 is 19.5 Å². The molecule has 0 aliphatic heterocycles. The van der Waals surface area contributed by atoms with E-state index in [-0.39, 0.29) is 18.2 Å². The largest absolute Gasteiger partial charge is 0.455 e. The van der Waals surface area contributed by atoms with Crippen molar-refractivity contribution < 1.29 is 23.6 Å². The third-order valence-corrected chi connectivity index (χ3v) is 5.08. The van der Waals surface area contributed by atoms with Crippen LogP contribution in [0.25, 0.3) is 0 Å². The molecule has 2 aromatic rings. The molecule has 0 atom stereocenters. The minimum atomic E-state index is -0.493. The van der Waals surface area contributed by atoms with Gasteiger partial charge in [-0.05, 0) is 32.9 Å². The van der Waals surface area contributed by atoms with Gasteiger partial charge in [0.25, 0.3) is 5.91 Å². The molecule has 0 radical (unpaired) electrons. The Morgan fingerprint density at radius 2 is 1.86 bits per heavy atom. The summed E-state index contributed by atoms with van der Waals surface area (Å²) in [4.78, 5) is 37.1. The molecule has 0 bridgehead atoms. The standard InChI is InChI=1S/C20H25N3O5S/c1-13-5-7-16(8-6-13)21-18(24)9-23(4)19(25)10-27-20(26)12-29-11-17-14(2)22-28-15(17)3/h5-8H,9-12H2,1-4H3,(H,21,24). The zero-order valence-electron chi connectivity index (χ0n) is 17.0. The highest BCUT2D eigenvalue weighted by Gasteiger charge is 2.16. The first-order chi connectivity index (χ1) is 13.8. The number of aromatic nitrogens is 1. The molecule has 29 heavy (non-hydrogen) atoms. The Morgan fingerprint density at radius 1 is 1.17 bits per heavy atom. The molecule has 1 heterocycles. The molecule has 0 saturated carbocycles. The van der Waals surface area contributed by atoms with Gasteiger partial charge in [0, 0.05) is 24.1 Å². The van der Waals surface area contributed by atoms with Crippen LogP contribution in [-0.4, -0.2) is 53.8 Å². The second-order valence-corrected chi connectivity index (χ2v) is 7.61. The van der Waals surface area contributed by atoms with Gasteiger partial charge in [0.1, 0.15) is 5.76 Å². The quantitative estimate of drug-likeness (QED) is 0.623. The van der Waals surface area contributed by atoms with E-state index in [0.717, 1.165) is 22.6 Å². The van der Waals surface area contributed by atoms with E-state index in [1.54, 1.807) is 12.1 Å². The van der Waals surface area contributed by atoms with Gasteiger partial charge in [-0.2, -0.15) is 0 Å². The summed E-state index contributed by atoms with van der Waals surface area (Å²) in [5.74, 6) is 0.133. The summed E-state index contributed by atoms with van der Waals surface area (Å²) in [6, 6.07) is 7.34. The second-order valence-electron chi connectivity index (χ2n) is 6.62. The van der Waals surface area contributed by atoms with Crippen molar-refractivity contribution in [3.8, 4) is 0 Å². The number of anilines is 1. The predicted octanol–water partition coefficient (Wildman–Crippen LogP) is 2.47. The number of ether oxygens (including phenoxy) is 1. The van der Waals surface area contributed by atoms with Crippen LogP contribution in [0.4, 0.5) is 5.69 Å². The van der Waals surface area contributed by atoms with Crippen molar-refractivity contribution in [3.05, 3.63) is 46.8 Å². The number of nitrogens with one attached hydrogen (secondary N) is 1. The van der Waals surface area contributed by atoms with E-state index in [2.05, 4.69) is 10.5 Å². The Balaban J connectivity index is 1.67. The van der Waals surface area contributed by atoms with Crippen LogP contribution in [0.5, 0.6) is 0 Å². The third kappa shape index (κ3) is 7.26. The zero-order chi connectivity index (χ0) is 21.4. The minimum absolute atomic E-state index is 0.106. The third-order valence-electron chi connectivity index (χ3n) is 4.15. The molecule has 8 nitrogen and oxygen atoms in total. The van der Waals surface area contributed by atoms with Crippen molar-refractivity contribution in [2.75, 3.05) is 31.3 Å². The topological polar surface area (TPSA) is 102 Å². The highest BCUT2D eigenvalue weighted by molar-refractivity contribution is 7.99. The van der Waals surface area contributed by atoms with Crippen molar-refractivity contribution >= 4 is 35.2 Å². The van der Waals surface area contributed by atoms with Crippen LogP contribution >= 0.6 is 11.8 Å². The molecule has 9 heteroatoms. The first-order valence-corrected chi connectivity index (χ1v) is 10.2. The number of carbonyl (C=O) groups is 3. The molecule has 2 rings (SSSR count). The molecule has 1 aromatic heterocycles. The number of esters is 1. The normalized spacial score (nSPS) is 10.5. The lowest BCUT2D eigenvalue weighted by Gasteiger charge is -2.16. The SMILES string of the molecule is Cc1ccc(NC(=O)CN(C)C(=O)COC(=O)CSCc2c(C)noc2C)cc1. The fourth-order valence-corrected chi connectivity index (χ4v) is 3.35. The second kappa shape index (κ2) is 10.7. The molecule has 1 aromatic carbocycles. The van der Waals surface area contributed by atoms with Crippen LogP contribution in [0.15, 0.2) is 28.8 Å². The lowest BCUT2D eigenvalue weighted by molar-refractivity contribution is -0.149. The molecule has 0 fully saturated rings. The molecule has 1 N–H and O–H groups in total. The molecule has 156 valence electrons. The maximum Gasteiger partial charge on any atom is 0.316 e.